The van der Waals surface area contributed by atoms with E-state index in [2.05, 4.69) is 15.6 Å². The summed E-state index contributed by atoms with van der Waals surface area (Å²) in [5, 5.41) is 5.81. The van der Waals surface area contributed by atoms with E-state index in [1.807, 2.05) is 19.1 Å². The van der Waals surface area contributed by atoms with Crippen LogP contribution in [0.4, 0.5) is 5.82 Å². The third kappa shape index (κ3) is 3.10. The minimum Gasteiger partial charge on any atom is -0.467 e. The standard InChI is InChI=1S/C13H15N3O2/c1-2-14-12-7-3-6-11(16-12)13(17)15-9-10-5-4-8-18-10/h3-8H,2,9H2,1H3,(H,14,16)(H,15,17). The summed E-state index contributed by atoms with van der Waals surface area (Å²) in [6, 6.07) is 8.90. The normalized spacial score (nSPS) is 10.1. The van der Waals surface area contributed by atoms with Crippen molar-refractivity contribution in [2.45, 2.75) is 13.5 Å². The van der Waals surface area contributed by atoms with Gasteiger partial charge in [0.2, 0.25) is 0 Å². The Kier molecular flexibility index (Phi) is 3.96. The zero-order valence-electron chi connectivity index (χ0n) is 10.1. The molecule has 2 aromatic heterocycles. The Hall–Kier alpha value is -2.30. The molecule has 0 aromatic carbocycles. The van der Waals surface area contributed by atoms with Crippen LogP contribution in [0, 0.1) is 0 Å². The number of anilines is 1. The van der Waals surface area contributed by atoms with Gasteiger partial charge in [-0.05, 0) is 31.2 Å². The van der Waals surface area contributed by atoms with Crippen LogP contribution in [0.25, 0.3) is 0 Å². The van der Waals surface area contributed by atoms with Gasteiger partial charge in [0.05, 0.1) is 12.8 Å². The smallest absolute Gasteiger partial charge is 0.270 e. The van der Waals surface area contributed by atoms with Gasteiger partial charge in [0.15, 0.2) is 0 Å². The van der Waals surface area contributed by atoms with Gasteiger partial charge in [-0.25, -0.2) is 4.98 Å². The Morgan fingerprint density at radius 3 is 2.94 bits per heavy atom. The molecule has 0 unspecified atom stereocenters. The van der Waals surface area contributed by atoms with E-state index in [0.29, 0.717) is 23.8 Å². The van der Waals surface area contributed by atoms with Crippen molar-refractivity contribution in [1.82, 2.24) is 10.3 Å². The Morgan fingerprint density at radius 2 is 2.22 bits per heavy atom. The van der Waals surface area contributed by atoms with Crippen molar-refractivity contribution in [2.75, 3.05) is 11.9 Å². The molecular weight excluding hydrogens is 230 g/mol. The van der Waals surface area contributed by atoms with Gasteiger partial charge in [-0.2, -0.15) is 0 Å². The third-order valence-corrected chi connectivity index (χ3v) is 2.34. The van der Waals surface area contributed by atoms with E-state index in [-0.39, 0.29) is 5.91 Å². The molecule has 5 heteroatoms. The predicted octanol–water partition coefficient (Wildman–Crippen LogP) is 2.04. The molecule has 0 spiro atoms. The van der Waals surface area contributed by atoms with Gasteiger partial charge >= 0.3 is 0 Å². The molecule has 0 atom stereocenters. The number of pyridine rings is 1. The van der Waals surface area contributed by atoms with E-state index in [4.69, 9.17) is 4.42 Å². The van der Waals surface area contributed by atoms with Crippen LogP contribution in [-0.2, 0) is 6.54 Å². The van der Waals surface area contributed by atoms with Crippen LogP contribution in [0.15, 0.2) is 41.0 Å². The van der Waals surface area contributed by atoms with Gasteiger partial charge in [-0.15, -0.1) is 0 Å². The lowest BCUT2D eigenvalue weighted by atomic mass is 10.3. The van der Waals surface area contributed by atoms with Gasteiger partial charge in [-0.1, -0.05) is 6.07 Å². The number of hydrogen-bond donors (Lipinski definition) is 2. The molecule has 0 bridgehead atoms. The number of hydrogen-bond acceptors (Lipinski definition) is 4. The van der Waals surface area contributed by atoms with Crippen LogP contribution in [0.3, 0.4) is 0 Å². The number of amides is 1. The number of aromatic nitrogens is 1. The first-order valence-corrected chi connectivity index (χ1v) is 5.81. The largest absolute Gasteiger partial charge is 0.467 e. The molecule has 2 N–H and O–H groups in total. The maximum absolute atomic E-state index is 11.9. The minimum absolute atomic E-state index is 0.217. The van der Waals surface area contributed by atoms with Gasteiger partial charge in [0, 0.05) is 6.54 Å². The summed E-state index contributed by atoms with van der Waals surface area (Å²) in [7, 11) is 0. The first-order chi connectivity index (χ1) is 8.79. The maximum atomic E-state index is 11.9. The lowest BCUT2D eigenvalue weighted by Gasteiger charge is -2.05. The highest BCUT2D eigenvalue weighted by Gasteiger charge is 2.08. The van der Waals surface area contributed by atoms with Crippen LogP contribution in [0.2, 0.25) is 0 Å². The first kappa shape index (κ1) is 12.2. The van der Waals surface area contributed by atoms with Crippen LogP contribution in [0.1, 0.15) is 23.2 Å². The summed E-state index contributed by atoms with van der Waals surface area (Å²) < 4.78 is 5.13. The monoisotopic (exact) mass is 245 g/mol. The number of carbonyl (C=O) groups is 1. The van der Waals surface area contributed by atoms with Gasteiger partial charge in [-0.3, -0.25) is 4.79 Å². The molecule has 0 saturated heterocycles. The Morgan fingerprint density at radius 1 is 1.33 bits per heavy atom. The van der Waals surface area contributed by atoms with E-state index in [0.717, 1.165) is 6.54 Å². The second-order valence-corrected chi connectivity index (χ2v) is 3.70. The SMILES string of the molecule is CCNc1cccc(C(=O)NCc2ccco2)n1. The van der Waals surface area contributed by atoms with E-state index in [9.17, 15) is 4.79 Å². The summed E-state index contributed by atoms with van der Waals surface area (Å²) in [5.74, 6) is 1.19. The Labute approximate surface area is 105 Å². The van der Waals surface area contributed by atoms with E-state index in [1.165, 1.54) is 0 Å². The van der Waals surface area contributed by atoms with Crippen molar-refractivity contribution in [2.24, 2.45) is 0 Å². The van der Waals surface area contributed by atoms with Crippen LogP contribution >= 0.6 is 0 Å². The molecule has 0 aliphatic rings. The van der Waals surface area contributed by atoms with Crippen molar-refractivity contribution in [3.8, 4) is 0 Å². The Balaban J connectivity index is 1.97. The molecule has 0 saturated carbocycles. The topological polar surface area (TPSA) is 67.2 Å². The van der Waals surface area contributed by atoms with E-state index < -0.39 is 0 Å². The lowest BCUT2D eigenvalue weighted by molar-refractivity contribution is 0.0943. The molecule has 2 rings (SSSR count). The fourth-order valence-electron chi connectivity index (χ4n) is 1.51. The summed E-state index contributed by atoms with van der Waals surface area (Å²) in [4.78, 5) is 16.1. The van der Waals surface area contributed by atoms with E-state index in [1.54, 1.807) is 24.5 Å². The fourth-order valence-corrected chi connectivity index (χ4v) is 1.51. The number of carbonyl (C=O) groups excluding carboxylic acids is 1. The highest BCUT2D eigenvalue weighted by molar-refractivity contribution is 5.92. The molecule has 1 amide bonds. The highest BCUT2D eigenvalue weighted by atomic mass is 16.3. The molecule has 18 heavy (non-hydrogen) atoms. The second-order valence-electron chi connectivity index (χ2n) is 3.70. The molecule has 0 aliphatic heterocycles. The van der Waals surface area contributed by atoms with Gasteiger partial charge < -0.3 is 15.1 Å². The number of furan rings is 1. The van der Waals surface area contributed by atoms with Crippen molar-refractivity contribution in [1.29, 1.82) is 0 Å². The molecule has 2 heterocycles. The summed E-state index contributed by atoms with van der Waals surface area (Å²) in [5.41, 5.74) is 0.389. The lowest BCUT2D eigenvalue weighted by Crippen LogP contribution is -2.23. The van der Waals surface area contributed by atoms with Gasteiger partial charge in [0.25, 0.3) is 5.91 Å². The molecule has 94 valence electrons. The Bertz CT molecular complexity index is 509. The maximum Gasteiger partial charge on any atom is 0.270 e. The third-order valence-electron chi connectivity index (χ3n) is 2.34. The average molecular weight is 245 g/mol. The highest BCUT2D eigenvalue weighted by Crippen LogP contribution is 2.05. The zero-order valence-corrected chi connectivity index (χ0v) is 10.1. The summed E-state index contributed by atoms with van der Waals surface area (Å²) in [6.07, 6.45) is 1.57. The minimum atomic E-state index is -0.217. The van der Waals surface area contributed by atoms with E-state index >= 15 is 0 Å². The van der Waals surface area contributed by atoms with Crippen molar-refractivity contribution < 1.29 is 9.21 Å². The van der Waals surface area contributed by atoms with Crippen LogP contribution in [0.5, 0.6) is 0 Å². The van der Waals surface area contributed by atoms with Crippen LogP contribution < -0.4 is 10.6 Å². The molecule has 0 aliphatic carbocycles. The zero-order chi connectivity index (χ0) is 12.8. The molecule has 5 nitrogen and oxygen atoms in total. The van der Waals surface area contributed by atoms with Crippen molar-refractivity contribution >= 4 is 11.7 Å². The number of nitrogens with one attached hydrogen (secondary N) is 2. The first-order valence-electron chi connectivity index (χ1n) is 5.81. The molecule has 0 fully saturated rings. The molecule has 0 radical (unpaired) electrons. The number of nitrogens with zero attached hydrogens (tertiary/aromatic N) is 1. The quantitative estimate of drug-likeness (QED) is 0.845. The molecular formula is C13H15N3O2. The van der Waals surface area contributed by atoms with Gasteiger partial charge in [0.1, 0.15) is 17.3 Å². The average Bonchev–Trinajstić information content (AvgIpc) is 2.90. The van der Waals surface area contributed by atoms with Crippen LogP contribution in [-0.4, -0.2) is 17.4 Å². The fraction of sp³-hybridized carbons (Fsp3) is 0.231. The summed E-state index contributed by atoms with van der Waals surface area (Å²) >= 11 is 0. The van der Waals surface area contributed by atoms with Crippen molar-refractivity contribution in [3.05, 3.63) is 48.0 Å². The molecule has 2 aromatic rings. The number of rotatable bonds is 5. The summed E-state index contributed by atoms with van der Waals surface area (Å²) in [6.45, 7) is 3.11. The second kappa shape index (κ2) is 5.86. The van der Waals surface area contributed by atoms with Crippen molar-refractivity contribution in [3.63, 3.8) is 0 Å². The predicted molar refractivity (Wildman–Crippen MR) is 68.3 cm³/mol.